The lowest BCUT2D eigenvalue weighted by molar-refractivity contribution is -0.137. The van der Waals surface area contributed by atoms with Crippen molar-refractivity contribution in [2.75, 3.05) is 44.8 Å². The summed E-state index contributed by atoms with van der Waals surface area (Å²) >= 11 is 0. The number of hydrogen-bond acceptors (Lipinski definition) is 6. The van der Waals surface area contributed by atoms with E-state index < -0.39 is 11.7 Å². The third-order valence-electron chi connectivity index (χ3n) is 5.80. The lowest BCUT2D eigenvalue weighted by atomic mass is 10.1. The molecule has 3 N–H and O–H groups in total. The quantitative estimate of drug-likeness (QED) is 0.531. The van der Waals surface area contributed by atoms with E-state index in [1.165, 1.54) is 6.07 Å². The van der Waals surface area contributed by atoms with Crippen LogP contribution in [0.5, 0.6) is 0 Å². The van der Waals surface area contributed by atoms with E-state index in [-0.39, 0.29) is 35.8 Å². The number of anilines is 1. The van der Waals surface area contributed by atoms with Crippen molar-refractivity contribution in [3.8, 4) is 0 Å². The molecule has 2 aliphatic rings. The third kappa shape index (κ3) is 5.05. The van der Waals surface area contributed by atoms with Crippen molar-refractivity contribution in [1.29, 1.82) is 0 Å². The van der Waals surface area contributed by atoms with Crippen molar-refractivity contribution in [2.24, 2.45) is 0 Å². The number of H-pyrrole nitrogens is 1. The van der Waals surface area contributed by atoms with Crippen LogP contribution >= 0.6 is 0 Å². The molecular weight excluding hydrogens is 427 g/mol. The maximum absolute atomic E-state index is 13.0. The van der Waals surface area contributed by atoms with Crippen LogP contribution in [-0.2, 0) is 20.4 Å². The summed E-state index contributed by atoms with van der Waals surface area (Å²) in [6.07, 6.45) is -2.03. The number of benzene rings is 1. The molecule has 0 radical (unpaired) electrons. The second kappa shape index (κ2) is 9.47. The molecule has 0 spiro atoms. The number of fused-ring (bicyclic) bond motifs is 1. The predicted molar refractivity (Wildman–Crippen MR) is 112 cm³/mol. The number of ether oxygens (including phenoxy) is 2. The molecule has 2 aromatic rings. The van der Waals surface area contributed by atoms with Gasteiger partial charge in [-0.3, -0.25) is 14.8 Å². The molecule has 2 aliphatic heterocycles. The van der Waals surface area contributed by atoms with Gasteiger partial charge in [0.1, 0.15) is 0 Å². The zero-order valence-electron chi connectivity index (χ0n) is 17.5. The monoisotopic (exact) mass is 453 g/mol. The molecule has 2 unspecified atom stereocenters. The van der Waals surface area contributed by atoms with Gasteiger partial charge in [-0.25, -0.2) is 0 Å². The zero-order valence-corrected chi connectivity index (χ0v) is 17.5. The van der Waals surface area contributed by atoms with Crippen LogP contribution in [0.25, 0.3) is 10.9 Å². The summed E-state index contributed by atoms with van der Waals surface area (Å²) in [6, 6.07) is 3.41. The van der Waals surface area contributed by atoms with Crippen LogP contribution in [0.4, 0.5) is 19.0 Å². The van der Waals surface area contributed by atoms with Crippen LogP contribution in [0.2, 0.25) is 0 Å². The summed E-state index contributed by atoms with van der Waals surface area (Å²) in [5, 5.41) is 12.8. The summed E-state index contributed by atoms with van der Waals surface area (Å²) in [5.74, 6) is -0.105. The average molecular weight is 453 g/mol. The standard InChI is InChI=1S/C21H26F3N5O3/c1-2-6-32-18-11-29(14-5-7-31-12-14)10-17(18)26-19(30)9-25-20-15-8-13(21(22,23)24)3-4-16(15)27-28-20/h2-4,8,14,17-18H,1,5-7,9-12H2,(H,26,30)(H2,25,27,28)/t14?,17?,18-/m0/s1. The Morgan fingerprint density at radius 3 is 2.97 bits per heavy atom. The zero-order chi connectivity index (χ0) is 22.7. The molecule has 1 aromatic heterocycles. The highest BCUT2D eigenvalue weighted by atomic mass is 19.4. The predicted octanol–water partition coefficient (Wildman–Crippen LogP) is 2.15. The second-order valence-electron chi connectivity index (χ2n) is 7.99. The maximum atomic E-state index is 13.0. The molecular formula is C21H26F3N5O3. The number of rotatable bonds is 8. The lowest BCUT2D eigenvalue weighted by Gasteiger charge is -2.21. The van der Waals surface area contributed by atoms with Crippen LogP contribution in [0, 0.1) is 0 Å². The van der Waals surface area contributed by atoms with Crippen LogP contribution in [0.1, 0.15) is 12.0 Å². The molecule has 11 heteroatoms. The van der Waals surface area contributed by atoms with Crippen LogP contribution in [0.3, 0.4) is 0 Å². The van der Waals surface area contributed by atoms with E-state index in [1.807, 2.05) is 0 Å². The van der Waals surface area contributed by atoms with Crippen molar-refractivity contribution < 1.29 is 27.4 Å². The Morgan fingerprint density at radius 1 is 1.41 bits per heavy atom. The lowest BCUT2D eigenvalue weighted by Crippen LogP contribution is -2.46. The average Bonchev–Trinajstić information content (AvgIpc) is 3.49. The summed E-state index contributed by atoms with van der Waals surface area (Å²) in [7, 11) is 0. The molecule has 8 nitrogen and oxygen atoms in total. The van der Waals surface area contributed by atoms with E-state index in [0.717, 1.165) is 25.2 Å². The van der Waals surface area contributed by atoms with Crippen molar-refractivity contribution in [1.82, 2.24) is 20.4 Å². The summed E-state index contributed by atoms with van der Waals surface area (Å²) in [5.41, 5.74) is -0.327. The van der Waals surface area contributed by atoms with Gasteiger partial charge in [0.05, 0.1) is 43.0 Å². The fraction of sp³-hybridized carbons (Fsp3) is 0.524. The Hall–Kier alpha value is -2.63. The minimum atomic E-state index is -4.46. The highest BCUT2D eigenvalue weighted by Gasteiger charge is 2.38. The molecule has 32 heavy (non-hydrogen) atoms. The molecule has 2 fully saturated rings. The SMILES string of the molecule is C=CCO[C@H]1CN(C2CCOC2)CC1NC(=O)CNc1n[nH]c2ccc(C(F)(F)F)cc12. The molecule has 1 aromatic carbocycles. The molecule has 2 saturated heterocycles. The van der Waals surface area contributed by atoms with Crippen LogP contribution in [0.15, 0.2) is 30.9 Å². The van der Waals surface area contributed by atoms with Crippen molar-refractivity contribution in [3.05, 3.63) is 36.4 Å². The Bertz CT molecular complexity index is 958. The molecule has 1 amide bonds. The van der Waals surface area contributed by atoms with Gasteiger partial charge in [-0.05, 0) is 24.6 Å². The molecule has 174 valence electrons. The summed E-state index contributed by atoms with van der Waals surface area (Å²) in [6.45, 7) is 6.65. The number of nitrogens with zero attached hydrogens (tertiary/aromatic N) is 2. The molecule has 0 aliphatic carbocycles. The Kier molecular flexibility index (Phi) is 6.68. The molecule has 0 bridgehead atoms. The first-order valence-electron chi connectivity index (χ1n) is 10.5. The number of nitrogens with one attached hydrogen (secondary N) is 3. The second-order valence-corrected chi connectivity index (χ2v) is 7.99. The molecule has 3 atom stereocenters. The number of alkyl halides is 3. The van der Waals surface area contributed by atoms with E-state index in [1.54, 1.807) is 6.08 Å². The van der Waals surface area contributed by atoms with E-state index in [2.05, 4.69) is 32.3 Å². The number of amides is 1. The first kappa shape index (κ1) is 22.6. The van der Waals surface area contributed by atoms with Crippen LogP contribution < -0.4 is 10.6 Å². The fourth-order valence-corrected chi connectivity index (χ4v) is 4.16. The first-order chi connectivity index (χ1) is 15.3. The summed E-state index contributed by atoms with van der Waals surface area (Å²) < 4.78 is 50.4. The highest BCUT2D eigenvalue weighted by molar-refractivity contribution is 5.92. The minimum absolute atomic E-state index is 0.132. The van der Waals surface area contributed by atoms with Gasteiger partial charge in [0.2, 0.25) is 5.91 Å². The number of halogens is 3. The van der Waals surface area contributed by atoms with E-state index in [0.29, 0.717) is 37.9 Å². The first-order valence-corrected chi connectivity index (χ1v) is 10.5. The van der Waals surface area contributed by atoms with Gasteiger partial charge in [0, 0.05) is 31.1 Å². The minimum Gasteiger partial charge on any atom is -0.380 e. The Morgan fingerprint density at radius 2 is 2.25 bits per heavy atom. The smallest absolute Gasteiger partial charge is 0.380 e. The Balaban J connectivity index is 1.37. The molecule has 4 rings (SSSR count). The van der Waals surface area contributed by atoms with Gasteiger partial charge in [0.15, 0.2) is 5.82 Å². The van der Waals surface area contributed by atoms with Crippen molar-refractivity contribution in [2.45, 2.75) is 30.8 Å². The topological polar surface area (TPSA) is 91.5 Å². The van der Waals surface area contributed by atoms with Crippen LogP contribution in [-0.4, -0.2) is 78.6 Å². The molecule has 3 heterocycles. The van der Waals surface area contributed by atoms with Gasteiger partial charge >= 0.3 is 6.18 Å². The number of carbonyl (C=O) groups is 1. The van der Waals surface area contributed by atoms with Gasteiger partial charge in [-0.1, -0.05) is 6.08 Å². The third-order valence-corrected chi connectivity index (χ3v) is 5.80. The Labute approximate surface area is 183 Å². The maximum Gasteiger partial charge on any atom is 0.416 e. The van der Waals surface area contributed by atoms with Gasteiger partial charge in [-0.2, -0.15) is 18.3 Å². The van der Waals surface area contributed by atoms with Gasteiger partial charge < -0.3 is 20.1 Å². The van der Waals surface area contributed by atoms with E-state index in [4.69, 9.17) is 9.47 Å². The number of likely N-dealkylation sites (tertiary alicyclic amines) is 1. The van der Waals surface area contributed by atoms with E-state index in [9.17, 15) is 18.0 Å². The number of aromatic nitrogens is 2. The summed E-state index contributed by atoms with van der Waals surface area (Å²) in [4.78, 5) is 14.9. The normalized spacial score (nSPS) is 24.2. The number of carbonyl (C=O) groups excluding carboxylic acids is 1. The van der Waals surface area contributed by atoms with E-state index >= 15 is 0 Å². The molecule has 0 saturated carbocycles. The van der Waals surface area contributed by atoms with Gasteiger partial charge in [0.25, 0.3) is 0 Å². The number of hydrogen-bond donors (Lipinski definition) is 3. The largest absolute Gasteiger partial charge is 0.416 e. The highest BCUT2D eigenvalue weighted by Crippen LogP contribution is 2.32. The van der Waals surface area contributed by atoms with Crippen molar-refractivity contribution in [3.63, 3.8) is 0 Å². The fourth-order valence-electron chi connectivity index (χ4n) is 4.16. The van der Waals surface area contributed by atoms with Crippen molar-refractivity contribution >= 4 is 22.6 Å². The number of aromatic amines is 1. The van der Waals surface area contributed by atoms with Gasteiger partial charge in [-0.15, -0.1) is 6.58 Å².